The molecule has 2 heteroatoms. The molecule has 0 N–H and O–H groups in total. The number of hydrogen-bond acceptors (Lipinski definition) is 0. The molecule has 64 valence electrons. The molecule has 0 spiro atoms. The lowest BCUT2D eigenvalue weighted by atomic mass is 10.1. The van der Waals surface area contributed by atoms with E-state index in [1.54, 1.807) is 0 Å². The lowest BCUT2D eigenvalue weighted by molar-refractivity contribution is 1.19. The van der Waals surface area contributed by atoms with Crippen LogP contribution in [-0.2, 0) is 6.42 Å². The number of hydrogen-bond donors (Lipinski definition) is 0. The van der Waals surface area contributed by atoms with Crippen LogP contribution in [0, 0.1) is 6.92 Å². The summed E-state index contributed by atoms with van der Waals surface area (Å²) < 4.78 is 1.10. The molecule has 0 unspecified atom stereocenters. The maximum atomic E-state index is 5.72. The monoisotopic (exact) mass is 244 g/mol. The van der Waals surface area contributed by atoms with Crippen LogP contribution in [0.3, 0.4) is 0 Å². The van der Waals surface area contributed by atoms with Crippen molar-refractivity contribution in [3.8, 4) is 0 Å². The van der Waals surface area contributed by atoms with E-state index in [9.17, 15) is 0 Å². The van der Waals surface area contributed by atoms with Gasteiger partial charge in [-0.25, -0.2) is 0 Å². The maximum Gasteiger partial charge on any atom is 0.0178 e. The van der Waals surface area contributed by atoms with E-state index < -0.39 is 0 Å². The minimum atomic E-state index is 0.681. The highest BCUT2D eigenvalue weighted by Gasteiger charge is 1.99. The van der Waals surface area contributed by atoms with Crippen LogP contribution in [0.1, 0.15) is 11.1 Å². The molecule has 0 saturated carbocycles. The van der Waals surface area contributed by atoms with Crippen molar-refractivity contribution in [2.45, 2.75) is 13.3 Å². The van der Waals surface area contributed by atoms with Gasteiger partial charge in [-0.1, -0.05) is 40.2 Å². The Kier molecular flexibility index (Phi) is 3.36. The van der Waals surface area contributed by atoms with Crippen molar-refractivity contribution in [2.24, 2.45) is 0 Å². The Morgan fingerprint density at radius 3 is 2.75 bits per heavy atom. The van der Waals surface area contributed by atoms with Crippen molar-refractivity contribution in [1.82, 2.24) is 0 Å². The second kappa shape index (κ2) is 4.11. The van der Waals surface area contributed by atoms with Crippen LogP contribution in [0.4, 0.5) is 0 Å². The Balaban J connectivity index is 2.93. The molecular formula is C10H10BrCl. The van der Waals surface area contributed by atoms with E-state index in [4.69, 9.17) is 11.6 Å². The molecular weight excluding hydrogens is 235 g/mol. The standard InChI is InChI=1S/C10H10BrCl/c1-7-5-10(11)4-3-9(7)6-8(2)12/h3-5H,2,6H2,1H3. The van der Waals surface area contributed by atoms with Gasteiger partial charge in [0.2, 0.25) is 0 Å². The average Bonchev–Trinajstić information content (AvgIpc) is 1.94. The summed E-state index contributed by atoms with van der Waals surface area (Å²) in [7, 11) is 0. The van der Waals surface area contributed by atoms with Gasteiger partial charge in [0.1, 0.15) is 0 Å². The van der Waals surface area contributed by atoms with Gasteiger partial charge in [-0.2, -0.15) is 0 Å². The molecule has 0 fully saturated rings. The second-order valence-electron chi connectivity index (χ2n) is 2.76. The first kappa shape index (κ1) is 9.82. The molecule has 0 aliphatic rings. The van der Waals surface area contributed by atoms with Crippen molar-refractivity contribution in [2.75, 3.05) is 0 Å². The van der Waals surface area contributed by atoms with Gasteiger partial charge in [0.25, 0.3) is 0 Å². The van der Waals surface area contributed by atoms with E-state index in [1.165, 1.54) is 11.1 Å². The zero-order chi connectivity index (χ0) is 9.14. The van der Waals surface area contributed by atoms with Gasteiger partial charge >= 0.3 is 0 Å². The molecule has 1 aromatic rings. The van der Waals surface area contributed by atoms with E-state index in [-0.39, 0.29) is 0 Å². The number of aryl methyl sites for hydroxylation is 1. The number of rotatable bonds is 2. The number of allylic oxidation sites excluding steroid dienone is 1. The highest BCUT2D eigenvalue weighted by atomic mass is 79.9. The Hall–Kier alpha value is -0.270. The summed E-state index contributed by atoms with van der Waals surface area (Å²) in [4.78, 5) is 0. The highest BCUT2D eigenvalue weighted by Crippen LogP contribution is 2.18. The van der Waals surface area contributed by atoms with Crippen molar-refractivity contribution >= 4 is 27.5 Å². The first-order valence-corrected chi connectivity index (χ1v) is 4.85. The Labute approximate surface area is 86.4 Å². The van der Waals surface area contributed by atoms with Crippen LogP contribution in [0.5, 0.6) is 0 Å². The molecule has 0 radical (unpaired) electrons. The van der Waals surface area contributed by atoms with Crippen LogP contribution in [0.25, 0.3) is 0 Å². The van der Waals surface area contributed by atoms with Gasteiger partial charge < -0.3 is 0 Å². The van der Waals surface area contributed by atoms with Gasteiger partial charge in [0.15, 0.2) is 0 Å². The fourth-order valence-electron chi connectivity index (χ4n) is 1.06. The molecule has 0 saturated heterocycles. The normalized spacial score (nSPS) is 9.92. The fraction of sp³-hybridized carbons (Fsp3) is 0.200. The average molecular weight is 246 g/mol. The minimum absolute atomic E-state index is 0.681. The van der Waals surface area contributed by atoms with Crippen molar-refractivity contribution in [3.63, 3.8) is 0 Å². The molecule has 0 heterocycles. The van der Waals surface area contributed by atoms with Crippen LogP contribution in [0.2, 0.25) is 0 Å². The first-order chi connectivity index (χ1) is 5.59. The van der Waals surface area contributed by atoms with Crippen molar-refractivity contribution < 1.29 is 0 Å². The molecule has 1 aromatic carbocycles. The third-order valence-electron chi connectivity index (χ3n) is 1.69. The Morgan fingerprint density at radius 1 is 1.58 bits per heavy atom. The van der Waals surface area contributed by atoms with E-state index in [1.807, 2.05) is 6.07 Å². The van der Waals surface area contributed by atoms with Crippen LogP contribution >= 0.6 is 27.5 Å². The Bertz CT molecular complexity index is 305. The largest absolute Gasteiger partial charge is 0.0894 e. The third kappa shape index (κ3) is 2.65. The summed E-state index contributed by atoms with van der Waals surface area (Å²) in [6.45, 7) is 5.74. The van der Waals surface area contributed by atoms with E-state index >= 15 is 0 Å². The van der Waals surface area contributed by atoms with E-state index in [0.29, 0.717) is 5.03 Å². The maximum absolute atomic E-state index is 5.72. The van der Waals surface area contributed by atoms with Gasteiger partial charge in [0.05, 0.1) is 0 Å². The van der Waals surface area contributed by atoms with E-state index in [2.05, 4.69) is 41.6 Å². The third-order valence-corrected chi connectivity index (χ3v) is 2.31. The SMILES string of the molecule is C=C(Cl)Cc1ccc(Br)cc1C. The number of benzene rings is 1. The zero-order valence-electron chi connectivity index (χ0n) is 6.90. The van der Waals surface area contributed by atoms with Crippen LogP contribution in [-0.4, -0.2) is 0 Å². The van der Waals surface area contributed by atoms with Crippen molar-refractivity contribution in [1.29, 1.82) is 0 Å². The fourth-order valence-corrected chi connectivity index (χ4v) is 1.68. The van der Waals surface area contributed by atoms with Gasteiger partial charge in [0, 0.05) is 15.9 Å². The highest BCUT2D eigenvalue weighted by molar-refractivity contribution is 9.10. The van der Waals surface area contributed by atoms with Gasteiger partial charge in [-0.3, -0.25) is 0 Å². The molecule has 0 amide bonds. The molecule has 0 bridgehead atoms. The summed E-state index contributed by atoms with van der Waals surface area (Å²) in [6.07, 6.45) is 0.751. The predicted molar refractivity (Wildman–Crippen MR) is 57.6 cm³/mol. The van der Waals surface area contributed by atoms with Crippen molar-refractivity contribution in [3.05, 3.63) is 45.4 Å². The molecule has 1 rings (SSSR count). The number of halogens is 2. The molecule has 0 aromatic heterocycles. The van der Waals surface area contributed by atoms with Gasteiger partial charge in [-0.15, -0.1) is 0 Å². The van der Waals surface area contributed by atoms with Gasteiger partial charge in [-0.05, 0) is 30.2 Å². The lowest BCUT2D eigenvalue weighted by Crippen LogP contribution is -1.88. The summed E-state index contributed by atoms with van der Waals surface area (Å²) in [6, 6.07) is 6.16. The van der Waals surface area contributed by atoms with Crippen LogP contribution in [0.15, 0.2) is 34.3 Å². The van der Waals surface area contributed by atoms with E-state index in [0.717, 1.165) is 10.9 Å². The smallest absolute Gasteiger partial charge is 0.0178 e. The molecule has 0 nitrogen and oxygen atoms in total. The minimum Gasteiger partial charge on any atom is -0.0894 e. The molecule has 0 atom stereocenters. The first-order valence-electron chi connectivity index (χ1n) is 3.68. The quantitative estimate of drug-likeness (QED) is 0.737. The zero-order valence-corrected chi connectivity index (χ0v) is 9.24. The van der Waals surface area contributed by atoms with Crippen LogP contribution < -0.4 is 0 Å². The summed E-state index contributed by atoms with van der Waals surface area (Å²) >= 11 is 9.12. The Morgan fingerprint density at radius 2 is 2.25 bits per heavy atom. The predicted octanol–water partition coefficient (Wildman–Crippen LogP) is 4.05. The second-order valence-corrected chi connectivity index (χ2v) is 4.22. The summed E-state index contributed by atoms with van der Waals surface area (Å²) in [5.74, 6) is 0. The molecule has 0 aliphatic heterocycles. The topological polar surface area (TPSA) is 0 Å². The molecule has 0 aliphatic carbocycles. The lowest BCUT2D eigenvalue weighted by Gasteiger charge is -2.04. The summed E-state index contributed by atoms with van der Waals surface area (Å²) in [5.41, 5.74) is 2.48. The molecule has 12 heavy (non-hydrogen) atoms. The summed E-state index contributed by atoms with van der Waals surface area (Å²) in [5, 5.41) is 0.681.